The maximum Gasteiger partial charge on any atom is 0.264 e. The molecule has 0 spiro atoms. The van der Waals surface area contributed by atoms with E-state index >= 15 is 0 Å². The summed E-state index contributed by atoms with van der Waals surface area (Å²) in [5.41, 5.74) is 3.68. The van der Waals surface area contributed by atoms with Crippen LogP contribution in [0.5, 0.6) is 0 Å². The third kappa shape index (κ3) is 4.66. The van der Waals surface area contributed by atoms with Gasteiger partial charge in [0.05, 0.1) is 10.6 Å². The molecule has 0 heterocycles. The van der Waals surface area contributed by atoms with Gasteiger partial charge in [-0.15, -0.1) is 0 Å². The molecule has 1 amide bonds. The fourth-order valence-corrected chi connectivity index (χ4v) is 4.16. The van der Waals surface area contributed by atoms with E-state index in [0.29, 0.717) is 11.4 Å². The lowest BCUT2D eigenvalue weighted by Gasteiger charge is -2.20. The topological polar surface area (TPSA) is 66.5 Å². The lowest BCUT2D eigenvalue weighted by Crippen LogP contribution is -2.26. The average molecular weight is 409 g/mol. The van der Waals surface area contributed by atoms with Gasteiger partial charge in [0.2, 0.25) is 0 Å². The molecule has 5 nitrogen and oxygen atoms in total. The van der Waals surface area contributed by atoms with E-state index in [1.807, 2.05) is 50.2 Å². The van der Waals surface area contributed by atoms with E-state index in [4.69, 9.17) is 0 Å². The van der Waals surface area contributed by atoms with Gasteiger partial charge in [0, 0.05) is 18.3 Å². The van der Waals surface area contributed by atoms with Crippen molar-refractivity contribution in [1.29, 1.82) is 0 Å². The minimum atomic E-state index is -3.79. The van der Waals surface area contributed by atoms with E-state index in [1.54, 1.807) is 24.3 Å². The van der Waals surface area contributed by atoms with E-state index in [0.717, 1.165) is 17.5 Å². The number of carbonyl (C=O) groups is 1. The first-order valence-corrected chi connectivity index (χ1v) is 10.8. The number of aryl methyl sites for hydroxylation is 2. The molecule has 3 aromatic rings. The Balaban J connectivity index is 1.85. The highest BCUT2D eigenvalue weighted by Crippen LogP contribution is 2.23. The molecule has 1 N–H and O–H groups in total. The zero-order valence-electron chi connectivity index (χ0n) is 16.7. The second-order valence-corrected chi connectivity index (χ2v) is 8.81. The summed E-state index contributed by atoms with van der Waals surface area (Å²) in [4.78, 5) is 12.7. The average Bonchev–Trinajstić information content (AvgIpc) is 2.74. The molecular formula is C23H24N2O3S. The van der Waals surface area contributed by atoms with Crippen LogP contribution in [0.3, 0.4) is 0 Å². The Labute approximate surface area is 172 Å². The minimum absolute atomic E-state index is 0.0653. The smallest absolute Gasteiger partial charge is 0.264 e. The van der Waals surface area contributed by atoms with Gasteiger partial charge in [-0.2, -0.15) is 0 Å². The number of nitrogens with one attached hydrogen (secondary N) is 1. The van der Waals surface area contributed by atoms with Crippen molar-refractivity contribution in [2.24, 2.45) is 0 Å². The SMILES string of the molecule is CCc1cccc(NC(=O)c2cccc(S(=O)(=O)N(C)c3ccc(C)cc3)c2)c1. The fraction of sp³-hybridized carbons (Fsp3) is 0.174. The molecule has 0 aromatic heterocycles. The number of nitrogens with zero attached hydrogens (tertiary/aromatic N) is 1. The van der Waals surface area contributed by atoms with E-state index in [2.05, 4.69) is 5.32 Å². The largest absolute Gasteiger partial charge is 0.322 e. The Bertz CT molecular complexity index is 1120. The van der Waals surface area contributed by atoms with Gasteiger partial charge in [-0.05, 0) is 61.4 Å². The van der Waals surface area contributed by atoms with Crippen molar-refractivity contribution in [2.75, 3.05) is 16.7 Å². The van der Waals surface area contributed by atoms with Crippen LogP contribution in [-0.4, -0.2) is 21.4 Å². The normalized spacial score (nSPS) is 11.1. The third-order valence-corrected chi connectivity index (χ3v) is 6.53. The summed E-state index contributed by atoms with van der Waals surface area (Å²) in [5.74, 6) is -0.353. The van der Waals surface area contributed by atoms with Crippen LogP contribution in [-0.2, 0) is 16.4 Å². The van der Waals surface area contributed by atoms with Crippen molar-refractivity contribution in [3.63, 3.8) is 0 Å². The molecule has 0 saturated carbocycles. The fourth-order valence-electron chi connectivity index (χ4n) is 2.92. The molecule has 3 aromatic carbocycles. The Morgan fingerprint density at radius 1 is 0.966 bits per heavy atom. The summed E-state index contributed by atoms with van der Waals surface area (Å²) in [6.45, 7) is 3.98. The molecule has 6 heteroatoms. The molecule has 0 atom stereocenters. The molecular weight excluding hydrogens is 384 g/mol. The van der Waals surface area contributed by atoms with E-state index < -0.39 is 10.0 Å². The maximum atomic E-state index is 13.0. The van der Waals surface area contributed by atoms with Crippen molar-refractivity contribution in [2.45, 2.75) is 25.2 Å². The number of hydrogen-bond donors (Lipinski definition) is 1. The van der Waals surface area contributed by atoms with Crippen LogP contribution in [0, 0.1) is 6.92 Å². The van der Waals surface area contributed by atoms with E-state index in [-0.39, 0.29) is 16.4 Å². The van der Waals surface area contributed by atoms with E-state index in [9.17, 15) is 13.2 Å². The van der Waals surface area contributed by atoms with Crippen molar-refractivity contribution >= 4 is 27.3 Å². The molecule has 29 heavy (non-hydrogen) atoms. The van der Waals surface area contributed by atoms with Crippen molar-refractivity contribution in [3.05, 3.63) is 89.5 Å². The number of hydrogen-bond acceptors (Lipinski definition) is 3. The second kappa shape index (κ2) is 8.49. The predicted octanol–water partition coefficient (Wildman–Crippen LogP) is 4.63. The van der Waals surface area contributed by atoms with Crippen LogP contribution in [0.2, 0.25) is 0 Å². The van der Waals surface area contributed by atoms with Crippen molar-refractivity contribution in [1.82, 2.24) is 0 Å². The van der Waals surface area contributed by atoms with Crippen molar-refractivity contribution in [3.8, 4) is 0 Å². The lowest BCUT2D eigenvalue weighted by atomic mass is 10.1. The Morgan fingerprint density at radius 3 is 2.34 bits per heavy atom. The first-order chi connectivity index (χ1) is 13.8. The molecule has 0 saturated heterocycles. The van der Waals surface area contributed by atoms with Crippen LogP contribution < -0.4 is 9.62 Å². The molecule has 0 fully saturated rings. The van der Waals surface area contributed by atoms with Gasteiger partial charge in [-0.25, -0.2) is 8.42 Å². The summed E-state index contributed by atoms with van der Waals surface area (Å²) in [5, 5.41) is 2.83. The standard InChI is InChI=1S/C23H24N2O3S/c1-4-18-7-5-9-20(15-18)24-23(26)19-8-6-10-22(16-19)29(27,28)25(3)21-13-11-17(2)12-14-21/h5-16H,4H2,1-3H3,(H,24,26). The van der Waals surface area contributed by atoms with Gasteiger partial charge in [-0.1, -0.05) is 42.8 Å². The number of benzene rings is 3. The summed E-state index contributed by atoms with van der Waals surface area (Å²) >= 11 is 0. The van der Waals surface area contributed by atoms with Gasteiger partial charge >= 0.3 is 0 Å². The molecule has 0 unspecified atom stereocenters. The van der Waals surface area contributed by atoms with Crippen molar-refractivity contribution < 1.29 is 13.2 Å². The van der Waals surface area contributed by atoms with Crippen LogP contribution >= 0.6 is 0 Å². The highest BCUT2D eigenvalue weighted by molar-refractivity contribution is 7.92. The molecule has 0 aliphatic rings. The number of rotatable bonds is 6. The number of amides is 1. The van der Waals surface area contributed by atoms with Gasteiger partial charge in [0.15, 0.2) is 0 Å². The van der Waals surface area contributed by atoms with Gasteiger partial charge in [0.1, 0.15) is 0 Å². The summed E-state index contributed by atoms with van der Waals surface area (Å²) in [7, 11) is -2.29. The quantitative estimate of drug-likeness (QED) is 0.646. The summed E-state index contributed by atoms with van der Waals surface area (Å²) in [6.07, 6.45) is 0.864. The Morgan fingerprint density at radius 2 is 1.66 bits per heavy atom. The first kappa shape index (κ1) is 20.6. The molecule has 0 aliphatic carbocycles. The van der Waals surface area contributed by atoms with Gasteiger partial charge in [0.25, 0.3) is 15.9 Å². The summed E-state index contributed by atoms with van der Waals surface area (Å²) < 4.78 is 27.3. The second-order valence-electron chi connectivity index (χ2n) is 6.84. The Hall–Kier alpha value is -3.12. The molecule has 0 radical (unpaired) electrons. The zero-order valence-corrected chi connectivity index (χ0v) is 17.5. The number of carbonyl (C=O) groups excluding carboxylic acids is 1. The third-order valence-electron chi connectivity index (χ3n) is 4.75. The van der Waals surface area contributed by atoms with Gasteiger partial charge < -0.3 is 5.32 Å². The molecule has 3 rings (SSSR count). The maximum absolute atomic E-state index is 13.0. The number of anilines is 2. The summed E-state index contributed by atoms with van der Waals surface area (Å²) in [6, 6.07) is 20.9. The highest BCUT2D eigenvalue weighted by atomic mass is 32.2. The lowest BCUT2D eigenvalue weighted by molar-refractivity contribution is 0.102. The minimum Gasteiger partial charge on any atom is -0.322 e. The monoisotopic (exact) mass is 408 g/mol. The van der Waals surface area contributed by atoms with Crippen LogP contribution in [0.1, 0.15) is 28.4 Å². The zero-order chi connectivity index (χ0) is 21.0. The molecule has 0 bridgehead atoms. The number of sulfonamides is 1. The van der Waals surface area contributed by atoms with Crippen LogP contribution in [0.25, 0.3) is 0 Å². The van der Waals surface area contributed by atoms with Gasteiger partial charge in [-0.3, -0.25) is 9.10 Å². The van der Waals surface area contributed by atoms with E-state index in [1.165, 1.54) is 23.5 Å². The first-order valence-electron chi connectivity index (χ1n) is 9.37. The van der Waals surface area contributed by atoms with Crippen LogP contribution in [0.4, 0.5) is 11.4 Å². The highest BCUT2D eigenvalue weighted by Gasteiger charge is 2.22. The predicted molar refractivity (Wildman–Crippen MR) is 117 cm³/mol. The molecule has 150 valence electrons. The molecule has 0 aliphatic heterocycles. The Kier molecular flexibility index (Phi) is 6.03. The van der Waals surface area contributed by atoms with Crippen LogP contribution in [0.15, 0.2) is 77.7 Å².